The van der Waals surface area contributed by atoms with E-state index in [4.69, 9.17) is 16.3 Å². The Morgan fingerprint density at radius 3 is 2.31 bits per heavy atom. The zero-order valence-electron chi connectivity index (χ0n) is 17.3. The second-order valence-corrected chi connectivity index (χ2v) is 8.66. The summed E-state index contributed by atoms with van der Waals surface area (Å²) in [6.45, 7) is 0. The lowest BCUT2D eigenvalue weighted by Crippen LogP contribution is -2.52. The fourth-order valence-electron chi connectivity index (χ4n) is 4.17. The van der Waals surface area contributed by atoms with Crippen LogP contribution in [0.2, 0.25) is 5.02 Å². The minimum atomic E-state index is -2.84. The molecule has 6 heteroatoms. The predicted octanol–water partition coefficient (Wildman–Crippen LogP) is 6.02. The molecule has 1 saturated carbocycles. The molecule has 1 aliphatic carbocycles. The number of aliphatic carboxylic acids is 1. The number of rotatable bonds is 9. The van der Waals surface area contributed by atoms with Crippen LogP contribution in [0.3, 0.4) is 0 Å². The Hall–Kier alpha value is -2.89. The molecule has 0 aliphatic heterocycles. The Morgan fingerprint density at radius 1 is 1.03 bits per heavy atom. The molecule has 3 aromatic rings. The monoisotopic (exact) mass is 454 g/mol. The molecule has 4 rings (SSSR count). The van der Waals surface area contributed by atoms with Gasteiger partial charge in [0.1, 0.15) is 17.6 Å². The van der Waals surface area contributed by atoms with Gasteiger partial charge >= 0.3 is 5.97 Å². The molecule has 0 spiro atoms. The Kier molecular flexibility index (Phi) is 6.49. The lowest BCUT2D eigenvalue weighted by atomic mass is 9.75. The molecule has 0 amide bonds. The highest BCUT2D eigenvalue weighted by atomic mass is 35.5. The third kappa shape index (κ3) is 4.79. The zero-order chi connectivity index (χ0) is 22.7. The standard InChI is InChI=1S/C26H24ClFO4/c27-20-13-11-19(12-14-20)24(18-9-10-18)26(28,25(30)31)23(29)16-17-5-4-8-22(15-17)32-21-6-2-1-3-7-21/h1-8,11-15,18,23-24,29H,9-10,16H2,(H,30,31)/t23-,24+,26+/m1/s1. The second-order valence-electron chi connectivity index (χ2n) is 8.22. The summed E-state index contributed by atoms with van der Waals surface area (Å²) in [7, 11) is 0. The minimum absolute atomic E-state index is 0.139. The molecule has 0 radical (unpaired) electrons. The first-order chi connectivity index (χ1) is 15.4. The van der Waals surface area contributed by atoms with E-state index >= 15 is 4.39 Å². The van der Waals surface area contributed by atoms with Crippen LogP contribution < -0.4 is 4.74 Å². The van der Waals surface area contributed by atoms with Crippen LogP contribution >= 0.6 is 11.6 Å². The van der Waals surface area contributed by atoms with Gasteiger partial charge in [0.2, 0.25) is 5.67 Å². The largest absolute Gasteiger partial charge is 0.479 e. The van der Waals surface area contributed by atoms with Gasteiger partial charge in [-0.15, -0.1) is 0 Å². The zero-order valence-corrected chi connectivity index (χ0v) is 18.1. The average molecular weight is 455 g/mol. The van der Waals surface area contributed by atoms with Crippen molar-refractivity contribution in [2.75, 3.05) is 0 Å². The van der Waals surface area contributed by atoms with Gasteiger partial charge in [-0.1, -0.05) is 54.1 Å². The van der Waals surface area contributed by atoms with E-state index in [1.54, 1.807) is 48.5 Å². The molecular weight excluding hydrogens is 431 g/mol. The number of carboxylic acid groups (broad SMARTS) is 1. The van der Waals surface area contributed by atoms with E-state index in [1.807, 2.05) is 30.3 Å². The van der Waals surface area contributed by atoms with Crippen LogP contribution in [0.4, 0.5) is 4.39 Å². The summed E-state index contributed by atoms with van der Waals surface area (Å²) in [6, 6.07) is 22.6. The minimum Gasteiger partial charge on any atom is -0.479 e. The average Bonchev–Trinajstić information content (AvgIpc) is 3.61. The second kappa shape index (κ2) is 9.31. The molecule has 0 bridgehead atoms. The SMILES string of the molecule is O=C(O)[C@](F)([C@H](O)Cc1cccc(Oc2ccccc2)c1)[C@H](c1ccc(Cl)cc1)C1CC1. The number of aliphatic hydroxyl groups is 1. The quantitative estimate of drug-likeness (QED) is 0.414. The number of carbonyl (C=O) groups is 1. The van der Waals surface area contributed by atoms with Gasteiger partial charge in [0, 0.05) is 17.4 Å². The van der Waals surface area contributed by atoms with E-state index in [0.29, 0.717) is 27.6 Å². The summed E-state index contributed by atoms with van der Waals surface area (Å²) < 4.78 is 22.1. The van der Waals surface area contributed by atoms with Gasteiger partial charge in [0.25, 0.3) is 0 Å². The summed E-state index contributed by atoms with van der Waals surface area (Å²) >= 11 is 5.96. The van der Waals surface area contributed by atoms with Gasteiger partial charge in [-0.25, -0.2) is 9.18 Å². The van der Waals surface area contributed by atoms with Crippen molar-refractivity contribution in [3.63, 3.8) is 0 Å². The fourth-order valence-corrected chi connectivity index (χ4v) is 4.30. The topological polar surface area (TPSA) is 66.8 Å². The Bertz CT molecular complexity index is 1070. The Labute approximate surface area is 191 Å². The number of hydrogen-bond acceptors (Lipinski definition) is 3. The van der Waals surface area contributed by atoms with Crippen molar-refractivity contribution >= 4 is 17.6 Å². The van der Waals surface area contributed by atoms with E-state index in [9.17, 15) is 15.0 Å². The molecule has 1 aliphatic rings. The molecule has 0 saturated heterocycles. The first-order valence-electron chi connectivity index (χ1n) is 10.6. The van der Waals surface area contributed by atoms with Crippen LogP contribution in [-0.2, 0) is 11.2 Å². The lowest BCUT2D eigenvalue weighted by Gasteiger charge is -2.35. The van der Waals surface area contributed by atoms with Gasteiger partial charge in [-0.05, 0) is 66.3 Å². The molecule has 0 unspecified atom stereocenters. The number of carboxylic acids is 1. The highest BCUT2D eigenvalue weighted by Gasteiger charge is 2.57. The molecule has 3 atom stereocenters. The van der Waals surface area contributed by atoms with Crippen LogP contribution in [0.15, 0.2) is 78.9 Å². The first kappa shape index (κ1) is 22.3. The normalized spacial score (nSPS) is 17.2. The van der Waals surface area contributed by atoms with Crippen molar-refractivity contribution in [2.24, 2.45) is 5.92 Å². The summed E-state index contributed by atoms with van der Waals surface area (Å²) in [5.74, 6) is -1.59. The maximum absolute atomic E-state index is 16.3. The molecule has 32 heavy (non-hydrogen) atoms. The number of para-hydroxylation sites is 1. The van der Waals surface area contributed by atoms with E-state index in [1.165, 1.54) is 0 Å². The molecule has 166 valence electrons. The smallest absolute Gasteiger partial charge is 0.344 e. The molecule has 2 N–H and O–H groups in total. The van der Waals surface area contributed by atoms with Gasteiger partial charge in [-0.3, -0.25) is 0 Å². The van der Waals surface area contributed by atoms with Crippen LogP contribution in [0.5, 0.6) is 11.5 Å². The molecule has 1 fully saturated rings. The molecule has 4 nitrogen and oxygen atoms in total. The Morgan fingerprint density at radius 2 is 1.69 bits per heavy atom. The van der Waals surface area contributed by atoms with Crippen LogP contribution in [-0.4, -0.2) is 28.0 Å². The van der Waals surface area contributed by atoms with Gasteiger partial charge in [0.15, 0.2) is 0 Å². The van der Waals surface area contributed by atoms with Crippen molar-refractivity contribution in [1.29, 1.82) is 0 Å². The number of benzene rings is 3. The van der Waals surface area contributed by atoms with E-state index < -0.39 is 23.7 Å². The molecule has 0 heterocycles. The van der Waals surface area contributed by atoms with Crippen molar-refractivity contribution in [3.05, 3.63) is 95.0 Å². The first-order valence-corrected chi connectivity index (χ1v) is 10.9. The van der Waals surface area contributed by atoms with Crippen molar-refractivity contribution in [2.45, 2.75) is 37.0 Å². The highest BCUT2D eigenvalue weighted by molar-refractivity contribution is 6.30. The summed E-state index contributed by atoms with van der Waals surface area (Å²) in [5, 5.41) is 21.3. The van der Waals surface area contributed by atoms with E-state index in [0.717, 1.165) is 12.8 Å². The number of ether oxygens (including phenoxy) is 1. The number of aliphatic hydroxyl groups excluding tert-OH is 1. The van der Waals surface area contributed by atoms with Crippen LogP contribution in [0.25, 0.3) is 0 Å². The lowest BCUT2D eigenvalue weighted by molar-refractivity contribution is -0.163. The predicted molar refractivity (Wildman–Crippen MR) is 121 cm³/mol. The summed E-state index contributed by atoms with van der Waals surface area (Å²) in [6.07, 6.45) is -0.460. The third-order valence-electron chi connectivity index (χ3n) is 5.89. The molecule has 3 aromatic carbocycles. The third-order valence-corrected chi connectivity index (χ3v) is 6.15. The number of alkyl halides is 1. The summed E-state index contributed by atoms with van der Waals surface area (Å²) in [5.41, 5.74) is -1.73. The maximum atomic E-state index is 16.3. The van der Waals surface area contributed by atoms with Gasteiger partial charge < -0.3 is 14.9 Å². The number of halogens is 2. The van der Waals surface area contributed by atoms with Gasteiger partial charge in [-0.2, -0.15) is 0 Å². The summed E-state index contributed by atoms with van der Waals surface area (Å²) in [4.78, 5) is 12.2. The molecular formula is C26H24ClFO4. The molecule has 0 aromatic heterocycles. The van der Waals surface area contributed by atoms with Crippen molar-refractivity contribution in [1.82, 2.24) is 0 Å². The van der Waals surface area contributed by atoms with E-state index in [-0.39, 0.29) is 12.3 Å². The van der Waals surface area contributed by atoms with Crippen LogP contribution in [0.1, 0.15) is 29.9 Å². The van der Waals surface area contributed by atoms with Crippen molar-refractivity contribution < 1.29 is 24.1 Å². The van der Waals surface area contributed by atoms with E-state index in [2.05, 4.69) is 0 Å². The van der Waals surface area contributed by atoms with Gasteiger partial charge in [0.05, 0.1) is 0 Å². The van der Waals surface area contributed by atoms with Crippen molar-refractivity contribution in [3.8, 4) is 11.5 Å². The van der Waals surface area contributed by atoms with Crippen LogP contribution in [0, 0.1) is 5.92 Å². The number of hydrogen-bond donors (Lipinski definition) is 2. The fraction of sp³-hybridized carbons (Fsp3) is 0.269. The maximum Gasteiger partial charge on any atom is 0.344 e. The highest BCUT2D eigenvalue weighted by Crippen LogP contribution is 2.51. The Balaban J connectivity index is 1.59.